The minimum Gasteiger partial charge on any atom is -0.465 e. The number of ether oxygens (including phenoxy) is 1. The van der Waals surface area contributed by atoms with Crippen LogP contribution in [0.25, 0.3) is 10.9 Å². The SMILES string of the molecule is COC(=O)c1ccc2c(=O)n(CCC3=CCCCC3)c(SCC(=O)N3CCCC3)nc2c1. The van der Waals surface area contributed by atoms with E-state index in [1.165, 1.54) is 37.3 Å². The second-order valence-corrected chi connectivity index (χ2v) is 9.25. The number of methoxy groups -OCH3 is 1. The summed E-state index contributed by atoms with van der Waals surface area (Å²) in [6.07, 6.45) is 9.77. The molecule has 2 heterocycles. The van der Waals surface area contributed by atoms with Crippen molar-refractivity contribution >= 4 is 34.5 Å². The van der Waals surface area contributed by atoms with Crippen molar-refractivity contribution in [2.24, 2.45) is 0 Å². The number of hydrogen-bond acceptors (Lipinski definition) is 6. The van der Waals surface area contributed by atoms with Crippen LogP contribution in [0.3, 0.4) is 0 Å². The van der Waals surface area contributed by atoms with Crippen molar-refractivity contribution in [3.63, 3.8) is 0 Å². The number of rotatable bonds is 7. The number of thioether (sulfide) groups is 1. The highest BCUT2D eigenvalue weighted by Gasteiger charge is 2.20. The number of carbonyl (C=O) groups is 2. The molecular formula is C24H29N3O4S. The van der Waals surface area contributed by atoms with Crippen LogP contribution in [-0.2, 0) is 16.1 Å². The van der Waals surface area contributed by atoms with E-state index in [2.05, 4.69) is 6.08 Å². The third-order valence-corrected chi connectivity index (χ3v) is 7.13. The summed E-state index contributed by atoms with van der Waals surface area (Å²) in [5.41, 5.74) is 2.04. The molecule has 1 aliphatic heterocycles. The average Bonchev–Trinajstić information content (AvgIpc) is 3.37. The highest BCUT2D eigenvalue weighted by Crippen LogP contribution is 2.24. The first-order chi connectivity index (χ1) is 15.6. The summed E-state index contributed by atoms with van der Waals surface area (Å²) in [6.45, 7) is 2.13. The van der Waals surface area contributed by atoms with Gasteiger partial charge in [0.25, 0.3) is 5.56 Å². The lowest BCUT2D eigenvalue weighted by atomic mass is 9.97. The van der Waals surface area contributed by atoms with E-state index in [4.69, 9.17) is 9.72 Å². The normalized spacial score (nSPS) is 16.3. The molecule has 0 saturated carbocycles. The van der Waals surface area contributed by atoms with Crippen molar-refractivity contribution in [2.75, 3.05) is 26.0 Å². The number of benzene rings is 1. The Morgan fingerprint density at radius 3 is 2.69 bits per heavy atom. The van der Waals surface area contributed by atoms with Gasteiger partial charge in [-0.2, -0.15) is 0 Å². The number of fused-ring (bicyclic) bond motifs is 1. The molecule has 170 valence electrons. The molecule has 2 aromatic rings. The molecule has 2 aliphatic rings. The fourth-order valence-corrected chi connectivity index (χ4v) is 5.25. The molecule has 1 amide bonds. The smallest absolute Gasteiger partial charge is 0.337 e. The Kier molecular flexibility index (Phi) is 7.29. The molecule has 1 saturated heterocycles. The first-order valence-corrected chi connectivity index (χ1v) is 12.3. The number of esters is 1. The van der Waals surface area contributed by atoms with Gasteiger partial charge in [-0.25, -0.2) is 9.78 Å². The summed E-state index contributed by atoms with van der Waals surface area (Å²) in [6, 6.07) is 4.81. The molecule has 8 heteroatoms. The molecule has 4 rings (SSSR count). The van der Waals surface area contributed by atoms with Gasteiger partial charge in [-0.3, -0.25) is 14.2 Å². The molecule has 0 bridgehead atoms. The molecule has 7 nitrogen and oxygen atoms in total. The fraction of sp³-hybridized carbons (Fsp3) is 0.500. The summed E-state index contributed by atoms with van der Waals surface area (Å²) in [5.74, 6) is -0.149. The zero-order valence-electron chi connectivity index (χ0n) is 18.5. The van der Waals surface area contributed by atoms with E-state index in [9.17, 15) is 14.4 Å². The molecule has 1 aliphatic carbocycles. The van der Waals surface area contributed by atoms with E-state index in [0.717, 1.165) is 45.2 Å². The summed E-state index contributed by atoms with van der Waals surface area (Å²) in [5, 5.41) is 0.985. The van der Waals surface area contributed by atoms with Gasteiger partial charge in [0.2, 0.25) is 5.91 Å². The largest absolute Gasteiger partial charge is 0.465 e. The van der Waals surface area contributed by atoms with Gasteiger partial charge in [0, 0.05) is 19.6 Å². The molecular weight excluding hydrogens is 426 g/mol. The number of nitrogens with zero attached hydrogens (tertiary/aromatic N) is 3. The van der Waals surface area contributed by atoms with E-state index in [1.54, 1.807) is 22.8 Å². The molecule has 32 heavy (non-hydrogen) atoms. The standard InChI is InChI=1S/C24H29N3O4S/c1-31-23(30)18-9-10-19-20(15-18)25-24(32-16-21(28)26-12-5-6-13-26)27(22(19)29)14-11-17-7-3-2-4-8-17/h7,9-10,15H,2-6,8,11-14,16H2,1H3. The van der Waals surface area contributed by atoms with Gasteiger partial charge in [-0.1, -0.05) is 23.4 Å². The van der Waals surface area contributed by atoms with E-state index < -0.39 is 5.97 Å². The van der Waals surface area contributed by atoms with E-state index in [1.807, 2.05) is 4.90 Å². The van der Waals surface area contributed by atoms with Gasteiger partial charge < -0.3 is 9.64 Å². The Morgan fingerprint density at radius 2 is 1.97 bits per heavy atom. The van der Waals surface area contributed by atoms with Crippen LogP contribution in [0, 0.1) is 0 Å². The highest BCUT2D eigenvalue weighted by atomic mass is 32.2. The van der Waals surface area contributed by atoms with Gasteiger partial charge in [0.1, 0.15) is 0 Å². The monoisotopic (exact) mass is 455 g/mol. The van der Waals surface area contributed by atoms with Crippen molar-refractivity contribution in [2.45, 2.75) is 56.6 Å². The topological polar surface area (TPSA) is 81.5 Å². The quantitative estimate of drug-likeness (QED) is 0.273. The van der Waals surface area contributed by atoms with Crippen LogP contribution in [0.5, 0.6) is 0 Å². The number of hydrogen-bond donors (Lipinski definition) is 0. The van der Waals surface area contributed by atoms with Crippen LogP contribution in [0.1, 0.15) is 55.3 Å². The van der Waals surface area contributed by atoms with Gasteiger partial charge in [-0.05, 0) is 63.1 Å². The number of likely N-dealkylation sites (tertiary alicyclic amines) is 1. The predicted molar refractivity (Wildman–Crippen MR) is 125 cm³/mol. The van der Waals surface area contributed by atoms with Gasteiger partial charge >= 0.3 is 5.97 Å². The van der Waals surface area contributed by atoms with Crippen molar-refractivity contribution in [3.05, 3.63) is 45.8 Å². The molecule has 0 spiro atoms. The highest BCUT2D eigenvalue weighted by molar-refractivity contribution is 7.99. The summed E-state index contributed by atoms with van der Waals surface area (Å²) >= 11 is 1.30. The second-order valence-electron chi connectivity index (χ2n) is 8.31. The first kappa shape index (κ1) is 22.6. The Hall–Kier alpha value is -2.61. The zero-order valence-corrected chi connectivity index (χ0v) is 19.3. The third-order valence-electron chi connectivity index (χ3n) is 6.17. The van der Waals surface area contributed by atoms with E-state index in [-0.39, 0.29) is 17.2 Å². The summed E-state index contributed by atoms with van der Waals surface area (Å²) in [4.78, 5) is 44.5. The fourth-order valence-electron chi connectivity index (χ4n) is 4.32. The van der Waals surface area contributed by atoms with E-state index in [0.29, 0.717) is 28.2 Å². The van der Waals surface area contributed by atoms with Crippen LogP contribution in [0.2, 0.25) is 0 Å². The molecule has 1 fully saturated rings. The summed E-state index contributed by atoms with van der Waals surface area (Å²) < 4.78 is 6.49. The maximum absolute atomic E-state index is 13.4. The van der Waals surface area contributed by atoms with Crippen LogP contribution in [-0.4, -0.2) is 52.3 Å². The second kappa shape index (κ2) is 10.3. The lowest BCUT2D eigenvalue weighted by Crippen LogP contribution is -2.30. The Balaban J connectivity index is 1.65. The average molecular weight is 456 g/mol. The number of aromatic nitrogens is 2. The first-order valence-electron chi connectivity index (χ1n) is 11.3. The van der Waals surface area contributed by atoms with Crippen molar-refractivity contribution < 1.29 is 14.3 Å². The lowest BCUT2D eigenvalue weighted by molar-refractivity contribution is -0.127. The van der Waals surface area contributed by atoms with Crippen LogP contribution >= 0.6 is 11.8 Å². The maximum atomic E-state index is 13.4. The maximum Gasteiger partial charge on any atom is 0.337 e. The molecule has 1 aromatic heterocycles. The Labute approximate surface area is 191 Å². The number of allylic oxidation sites excluding steroid dienone is 2. The number of carbonyl (C=O) groups excluding carboxylic acids is 2. The minimum atomic E-state index is -0.472. The van der Waals surface area contributed by atoms with Crippen LogP contribution < -0.4 is 5.56 Å². The van der Waals surface area contributed by atoms with Gasteiger partial charge in [0.05, 0.1) is 29.3 Å². The number of amides is 1. The molecule has 1 aromatic carbocycles. The Bertz CT molecular complexity index is 1100. The predicted octanol–water partition coefficient (Wildman–Crippen LogP) is 3.79. The minimum absolute atomic E-state index is 0.0756. The molecule has 0 radical (unpaired) electrons. The van der Waals surface area contributed by atoms with Crippen LogP contribution in [0.15, 0.2) is 39.8 Å². The molecule has 0 atom stereocenters. The van der Waals surface area contributed by atoms with E-state index >= 15 is 0 Å². The molecule has 0 unspecified atom stereocenters. The zero-order chi connectivity index (χ0) is 22.5. The van der Waals surface area contributed by atoms with Crippen LogP contribution in [0.4, 0.5) is 0 Å². The van der Waals surface area contributed by atoms with Crippen molar-refractivity contribution in [1.29, 1.82) is 0 Å². The van der Waals surface area contributed by atoms with Crippen molar-refractivity contribution in [3.8, 4) is 0 Å². The van der Waals surface area contributed by atoms with Crippen molar-refractivity contribution in [1.82, 2.24) is 14.5 Å². The molecule has 0 N–H and O–H groups in total. The van der Waals surface area contributed by atoms with Gasteiger partial charge in [0.15, 0.2) is 5.16 Å². The lowest BCUT2D eigenvalue weighted by Gasteiger charge is -2.18. The van der Waals surface area contributed by atoms with Gasteiger partial charge in [-0.15, -0.1) is 0 Å². The summed E-state index contributed by atoms with van der Waals surface area (Å²) in [7, 11) is 1.32. The Morgan fingerprint density at radius 1 is 1.16 bits per heavy atom. The third kappa shape index (κ3) is 5.06.